The molecule has 0 unspecified atom stereocenters. The number of unbranched alkanes of at least 4 members (excludes halogenated alkanes) is 2. The van der Waals surface area contributed by atoms with Crippen molar-refractivity contribution >= 4 is 33.5 Å². The molecule has 0 atom stereocenters. The van der Waals surface area contributed by atoms with Crippen LogP contribution in [-0.4, -0.2) is 39.7 Å². The summed E-state index contributed by atoms with van der Waals surface area (Å²) >= 11 is 0. The zero-order valence-electron chi connectivity index (χ0n) is 16.9. The standard InChI is InChI=1S/C21H29N5O2/c1-4-9-18-24-17-14-23-20-15(10-8-11-16(20)22)21(17)26(18)13-7-5-6-12-19(27)25(2)28-3/h8,10-11,14H,4-7,9,12-13,22H2,1-3H3. The number of pyridine rings is 1. The number of nitrogens with zero attached hydrogens (tertiary/aromatic N) is 4. The summed E-state index contributed by atoms with van der Waals surface area (Å²) in [6, 6.07) is 5.91. The van der Waals surface area contributed by atoms with Gasteiger partial charge in [0.1, 0.15) is 11.3 Å². The number of benzene rings is 1. The zero-order valence-corrected chi connectivity index (χ0v) is 16.9. The number of amides is 1. The molecule has 0 radical (unpaired) electrons. The Morgan fingerprint density at radius 1 is 1.29 bits per heavy atom. The van der Waals surface area contributed by atoms with Gasteiger partial charge in [-0.3, -0.25) is 14.6 Å². The number of imidazole rings is 1. The third-order valence-electron chi connectivity index (χ3n) is 5.08. The van der Waals surface area contributed by atoms with Crippen LogP contribution in [0.25, 0.3) is 21.9 Å². The Bertz CT molecular complexity index is 966. The summed E-state index contributed by atoms with van der Waals surface area (Å²) in [5, 5.41) is 2.33. The topological polar surface area (TPSA) is 86.3 Å². The number of carbonyl (C=O) groups is 1. The normalized spacial score (nSPS) is 11.4. The Morgan fingerprint density at radius 2 is 2.11 bits per heavy atom. The first kappa shape index (κ1) is 20.1. The molecule has 3 aromatic rings. The number of hydrogen-bond acceptors (Lipinski definition) is 5. The molecule has 2 heterocycles. The lowest BCUT2D eigenvalue weighted by molar-refractivity contribution is -0.168. The number of aryl methyl sites for hydroxylation is 2. The van der Waals surface area contributed by atoms with E-state index in [0.717, 1.165) is 66.4 Å². The maximum absolute atomic E-state index is 11.8. The molecule has 3 rings (SSSR count). The van der Waals surface area contributed by atoms with E-state index in [1.54, 1.807) is 7.05 Å². The van der Waals surface area contributed by atoms with Gasteiger partial charge in [0, 0.05) is 31.8 Å². The van der Waals surface area contributed by atoms with Gasteiger partial charge in [-0.05, 0) is 25.3 Å². The van der Waals surface area contributed by atoms with E-state index in [1.807, 2.05) is 18.3 Å². The van der Waals surface area contributed by atoms with Crippen LogP contribution in [0.5, 0.6) is 0 Å². The van der Waals surface area contributed by atoms with E-state index in [9.17, 15) is 4.79 Å². The highest BCUT2D eigenvalue weighted by Gasteiger charge is 2.15. The number of fused-ring (bicyclic) bond motifs is 3. The Balaban J connectivity index is 1.80. The number of nitrogen functional groups attached to an aromatic ring is 1. The van der Waals surface area contributed by atoms with Gasteiger partial charge in [0.2, 0.25) is 5.91 Å². The fourth-order valence-corrected chi connectivity index (χ4v) is 3.55. The van der Waals surface area contributed by atoms with Crippen molar-refractivity contribution in [3.63, 3.8) is 0 Å². The fraction of sp³-hybridized carbons (Fsp3) is 0.476. The predicted molar refractivity (Wildman–Crippen MR) is 112 cm³/mol. The molecule has 7 nitrogen and oxygen atoms in total. The number of para-hydroxylation sites is 1. The number of hydrogen-bond donors (Lipinski definition) is 1. The average Bonchev–Trinajstić information content (AvgIpc) is 3.05. The smallest absolute Gasteiger partial charge is 0.245 e. The van der Waals surface area contributed by atoms with Crippen LogP contribution < -0.4 is 5.73 Å². The van der Waals surface area contributed by atoms with Crippen molar-refractivity contribution in [2.75, 3.05) is 19.9 Å². The molecular formula is C21H29N5O2. The lowest BCUT2D eigenvalue weighted by Gasteiger charge is -2.13. The van der Waals surface area contributed by atoms with Crippen LogP contribution in [0.4, 0.5) is 5.69 Å². The van der Waals surface area contributed by atoms with Crippen molar-refractivity contribution in [2.45, 2.75) is 52.0 Å². The molecule has 0 aliphatic rings. The lowest BCUT2D eigenvalue weighted by atomic mass is 10.1. The van der Waals surface area contributed by atoms with E-state index >= 15 is 0 Å². The second-order valence-corrected chi connectivity index (χ2v) is 7.05. The van der Waals surface area contributed by atoms with Crippen LogP contribution in [0.3, 0.4) is 0 Å². The Kier molecular flexibility index (Phi) is 6.46. The first-order chi connectivity index (χ1) is 13.6. The number of aromatic nitrogens is 3. The largest absolute Gasteiger partial charge is 0.397 e. The maximum Gasteiger partial charge on any atom is 0.245 e. The summed E-state index contributed by atoms with van der Waals surface area (Å²) in [4.78, 5) is 26.1. The molecule has 150 valence electrons. The summed E-state index contributed by atoms with van der Waals surface area (Å²) in [6.45, 7) is 3.03. The Hall–Kier alpha value is -2.67. The van der Waals surface area contributed by atoms with E-state index in [2.05, 4.69) is 22.5 Å². The highest BCUT2D eigenvalue weighted by atomic mass is 16.7. The second-order valence-electron chi connectivity index (χ2n) is 7.05. The Labute approximate surface area is 165 Å². The zero-order chi connectivity index (χ0) is 20.1. The molecule has 2 N–H and O–H groups in total. The van der Waals surface area contributed by atoms with Crippen LogP contribution in [0.1, 0.15) is 44.9 Å². The van der Waals surface area contributed by atoms with E-state index in [0.29, 0.717) is 12.1 Å². The van der Waals surface area contributed by atoms with Crippen LogP contribution in [0, 0.1) is 0 Å². The van der Waals surface area contributed by atoms with Crippen molar-refractivity contribution in [1.82, 2.24) is 19.6 Å². The van der Waals surface area contributed by atoms with E-state index in [-0.39, 0.29) is 5.91 Å². The quantitative estimate of drug-likeness (QED) is 0.346. The number of anilines is 1. The molecule has 0 aliphatic heterocycles. The molecule has 0 aliphatic carbocycles. The van der Waals surface area contributed by atoms with Gasteiger partial charge in [0.05, 0.1) is 30.0 Å². The number of rotatable bonds is 9. The molecule has 0 saturated carbocycles. The van der Waals surface area contributed by atoms with Gasteiger partial charge in [-0.15, -0.1) is 0 Å². The first-order valence-corrected chi connectivity index (χ1v) is 9.89. The third-order valence-corrected chi connectivity index (χ3v) is 5.08. The highest BCUT2D eigenvalue weighted by molar-refractivity contribution is 6.06. The monoisotopic (exact) mass is 383 g/mol. The molecule has 0 saturated heterocycles. The number of hydroxylamine groups is 2. The molecule has 0 bridgehead atoms. The second kappa shape index (κ2) is 9.01. The summed E-state index contributed by atoms with van der Waals surface area (Å²) in [6.07, 6.45) is 7.09. The summed E-state index contributed by atoms with van der Waals surface area (Å²) < 4.78 is 2.31. The highest BCUT2D eigenvalue weighted by Crippen LogP contribution is 2.28. The van der Waals surface area contributed by atoms with E-state index in [1.165, 1.54) is 12.2 Å². The van der Waals surface area contributed by atoms with Gasteiger partial charge in [0.25, 0.3) is 0 Å². The first-order valence-electron chi connectivity index (χ1n) is 9.89. The molecule has 1 aromatic carbocycles. The maximum atomic E-state index is 11.8. The van der Waals surface area contributed by atoms with Gasteiger partial charge >= 0.3 is 0 Å². The van der Waals surface area contributed by atoms with Gasteiger partial charge in [-0.25, -0.2) is 10.0 Å². The van der Waals surface area contributed by atoms with Crippen molar-refractivity contribution in [3.05, 3.63) is 30.2 Å². The van der Waals surface area contributed by atoms with Gasteiger partial charge < -0.3 is 10.3 Å². The molecule has 2 aromatic heterocycles. The molecule has 28 heavy (non-hydrogen) atoms. The fourth-order valence-electron chi connectivity index (χ4n) is 3.55. The van der Waals surface area contributed by atoms with Crippen molar-refractivity contribution in [3.8, 4) is 0 Å². The number of carbonyl (C=O) groups excluding carboxylic acids is 1. The minimum Gasteiger partial charge on any atom is -0.397 e. The van der Waals surface area contributed by atoms with E-state index < -0.39 is 0 Å². The molecular weight excluding hydrogens is 354 g/mol. The number of nitrogens with two attached hydrogens (primary N) is 1. The van der Waals surface area contributed by atoms with Crippen LogP contribution in [-0.2, 0) is 22.6 Å². The van der Waals surface area contributed by atoms with E-state index in [4.69, 9.17) is 15.6 Å². The van der Waals surface area contributed by atoms with Gasteiger partial charge in [0.15, 0.2) is 0 Å². The molecule has 0 fully saturated rings. The van der Waals surface area contributed by atoms with Crippen molar-refractivity contribution < 1.29 is 9.63 Å². The molecule has 0 spiro atoms. The Morgan fingerprint density at radius 3 is 2.86 bits per heavy atom. The van der Waals surface area contributed by atoms with Crippen LogP contribution in [0.2, 0.25) is 0 Å². The minimum atomic E-state index is 0.00907. The molecule has 7 heteroatoms. The summed E-state index contributed by atoms with van der Waals surface area (Å²) in [5.41, 5.74) is 9.66. The summed E-state index contributed by atoms with van der Waals surface area (Å²) in [5.74, 6) is 1.10. The minimum absolute atomic E-state index is 0.00907. The van der Waals surface area contributed by atoms with Crippen molar-refractivity contribution in [2.24, 2.45) is 0 Å². The van der Waals surface area contributed by atoms with Crippen LogP contribution >= 0.6 is 0 Å². The molecule has 1 amide bonds. The van der Waals surface area contributed by atoms with Gasteiger partial charge in [-0.1, -0.05) is 25.5 Å². The predicted octanol–water partition coefficient (Wildman–Crippen LogP) is 3.70. The van der Waals surface area contributed by atoms with Gasteiger partial charge in [-0.2, -0.15) is 0 Å². The third kappa shape index (κ3) is 4.09. The van der Waals surface area contributed by atoms with Crippen molar-refractivity contribution in [1.29, 1.82) is 0 Å². The van der Waals surface area contributed by atoms with Crippen LogP contribution in [0.15, 0.2) is 24.4 Å². The lowest BCUT2D eigenvalue weighted by Crippen LogP contribution is -2.24. The SMILES string of the molecule is CCCc1nc2cnc3c(N)cccc3c2n1CCCCCC(=O)N(C)OC. The summed E-state index contributed by atoms with van der Waals surface area (Å²) in [7, 11) is 3.14. The average molecular weight is 383 g/mol.